The first-order chi connectivity index (χ1) is 15.8. The lowest BCUT2D eigenvalue weighted by atomic mass is 9.85. The van der Waals surface area contributed by atoms with E-state index in [1.165, 1.54) is 30.3 Å². The molecule has 1 aliphatic carbocycles. The lowest BCUT2D eigenvalue weighted by Gasteiger charge is -2.30. The Morgan fingerprint density at radius 3 is 2.15 bits per heavy atom. The van der Waals surface area contributed by atoms with Crippen LogP contribution in [0.1, 0.15) is 33.6 Å². The summed E-state index contributed by atoms with van der Waals surface area (Å²) in [4.78, 5) is 63.2. The first-order valence-electron chi connectivity index (χ1n) is 10.2. The Morgan fingerprint density at radius 2 is 1.58 bits per heavy atom. The number of imide groups is 1. The van der Waals surface area contributed by atoms with Crippen LogP contribution in [-0.4, -0.2) is 45.0 Å². The molecule has 0 radical (unpaired) electrons. The minimum atomic E-state index is -1.04. The molecule has 1 aliphatic heterocycles. The van der Waals surface area contributed by atoms with Crippen LogP contribution in [0, 0.1) is 27.8 Å². The predicted molar refractivity (Wildman–Crippen MR) is 112 cm³/mol. The number of nitro groups is 1. The van der Waals surface area contributed by atoms with Crippen LogP contribution in [0.2, 0.25) is 0 Å². The van der Waals surface area contributed by atoms with Crippen molar-refractivity contribution in [1.82, 2.24) is 10.0 Å². The fourth-order valence-electron chi connectivity index (χ4n) is 4.07. The zero-order valence-electron chi connectivity index (χ0n) is 17.2. The quantitative estimate of drug-likeness (QED) is 0.219. The number of carbonyl (C=O) groups is 4. The van der Waals surface area contributed by atoms with Crippen molar-refractivity contribution in [3.05, 3.63) is 87.7 Å². The molecule has 0 saturated carbocycles. The van der Waals surface area contributed by atoms with Crippen molar-refractivity contribution in [2.75, 3.05) is 6.54 Å². The van der Waals surface area contributed by atoms with E-state index in [2.05, 4.69) is 0 Å². The van der Waals surface area contributed by atoms with Gasteiger partial charge in [-0.25, -0.2) is 9.40 Å². The number of fused-ring (bicyclic) bond motifs is 1. The zero-order valence-corrected chi connectivity index (χ0v) is 17.2. The van der Waals surface area contributed by atoms with Gasteiger partial charge in [0.05, 0.1) is 16.8 Å². The fraction of sp³-hybridized carbons (Fsp3) is 0.217. The van der Waals surface area contributed by atoms with Crippen molar-refractivity contribution in [1.29, 1.82) is 0 Å². The minimum Gasteiger partial charge on any atom is -0.292 e. The van der Waals surface area contributed by atoms with Gasteiger partial charge in [0.2, 0.25) is 0 Å². The van der Waals surface area contributed by atoms with Crippen LogP contribution < -0.4 is 0 Å². The van der Waals surface area contributed by atoms with Crippen LogP contribution >= 0.6 is 0 Å². The zero-order chi connectivity index (χ0) is 23.7. The molecule has 2 aromatic rings. The minimum absolute atomic E-state index is 0.0509. The molecule has 0 N–H and O–H groups in total. The molecule has 2 atom stereocenters. The Bertz CT molecular complexity index is 1170. The summed E-state index contributed by atoms with van der Waals surface area (Å²) in [6, 6.07) is 9.62. The third-order valence-corrected chi connectivity index (χ3v) is 5.75. The van der Waals surface area contributed by atoms with Crippen molar-refractivity contribution < 1.29 is 28.5 Å². The molecule has 0 bridgehead atoms. The van der Waals surface area contributed by atoms with E-state index in [1.807, 2.05) is 0 Å². The molecule has 1 saturated heterocycles. The first kappa shape index (κ1) is 22.0. The molecule has 168 valence electrons. The van der Waals surface area contributed by atoms with Gasteiger partial charge in [-0.15, -0.1) is 0 Å². The largest absolute Gasteiger partial charge is 0.292 e. The van der Waals surface area contributed by atoms with Crippen LogP contribution in [0.25, 0.3) is 0 Å². The molecule has 10 heteroatoms. The lowest BCUT2D eigenvalue weighted by molar-refractivity contribution is -0.385. The Labute approximate surface area is 187 Å². The summed E-state index contributed by atoms with van der Waals surface area (Å²) in [5.74, 6) is -4.92. The third-order valence-electron chi connectivity index (χ3n) is 5.75. The van der Waals surface area contributed by atoms with E-state index >= 15 is 0 Å². The summed E-state index contributed by atoms with van der Waals surface area (Å²) in [5, 5.41) is 12.8. The highest BCUT2D eigenvalue weighted by atomic mass is 19.1. The molecule has 3 amide bonds. The maximum absolute atomic E-state index is 13.4. The van der Waals surface area contributed by atoms with Crippen molar-refractivity contribution in [3.63, 3.8) is 0 Å². The maximum Gasteiger partial charge on any atom is 0.282 e. The van der Waals surface area contributed by atoms with Gasteiger partial charge >= 0.3 is 0 Å². The summed E-state index contributed by atoms with van der Waals surface area (Å²) in [5.41, 5.74) is -0.849. The van der Waals surface area contributed by atoms with E-state index < -0.39 is 58.3 Å². The Hall–Kier alpha value is -4.21. The number of ketones is 1. The maximum atomic E-state index is 13.4. The SMILES string of the molecule is O=C(CN(C(=O)c1ccccc1[N+](=O)[O-])N1C(=O)[C@@H]2CC=CC[C@H]2C1=O)c1ccc(F)cc1. The van der Waals surface area contributed by atoms with Crippen LogP contribution in [-0.2, 0) is 9.59 Å². The Kier molecular flexibility index (Phi) is 5.82. The van der Waals surface area contributed by atoms with Crippen LogP contribution in [0.15, 0.2) is 60.7 Å². The van der Waals surface area contributed by atoms with Gasteiger partial charge in [-0.3, -0.25) is 29.3 Å². The van der Waals surface area contributed by atoms with Gasteiger partial charge in [0.1, 0.15) is 17.9 Å². The molecule has 0 spiro atoms. The number of para-hydroxylation sites is 1. The van der Waals surface area contributed by atoms with Crippen LogP contribution in [0.5, 0.6) is 0 Å². The molecule has 0 aromatic heterocycles. The molecule has 1 heterocycles. The van der Waals surface area contributed by atoms with Crippen molar-refractivity contribution in [2.45, 2.75) is 12.8 Å². The Morgan fingerprint density at radius 1 is 1.00 bits per heavy atom. The number of hydrazine groups is 1. The predicted octanol–water partition coefficient (Wildman–Crippen LogP) is 2.93. The van der Waals surface area contributed by atoms with Gasteiger partial charge in [0.25, 0.3) is 23.4 Å². The lowest BCUT2D eigenvalue weighted by Crippen LogP contribution is -2.52. The van der Waals surface area contributed by atoms with E-state index in [0.29, 0.717) is 22.9 Å². The molecule has 1 fully saturated rings. The second kappa shape index (κ2) is 8.73. The summed E-state index contributed by atoms with van der Waals surface area (Å²) in [6.45, 7) is -0.735. The van der Waals surface area contributed by atoms with Gasteiger partial charge in [-0.2, -0.15) is 5.01 Å². The number of benzene rings is 2. The fourth-order valence-corrected chi connectivity index (χ4v) is 4.07. The van der Waals surface area contributed by atoms with E-state index in [0.717, 1.165) is 18.2 Å². The summed E-state index contributed by atoms with van der Waals surface area (Å²) < 4.78 is 13.3. The number of hydrogen-bond acceptors (Lipinski definition) is 6. The number of allylic oxidation sites excluding steroid dienone is 2. The highest BCUT2D eigenvalue weighted by molar-refractivity contribution is 6.10. The summed E-state index contributed by atoms with van der Waals surface area (Å²) >= 11 is 0. The number of halogens is 1. The molecular formula is C23H18FN3O6. The van der Waals surface area contributed by atoms with E-state index in [1.54, 1.807) is 12.2 Å². The van der Waals surface area contributed by atoms with E-state index in [-0.39, 0.29) is 11.1 Å². The monoisotopic (exact) mass is 451 g/mol. The van der Waals surface area contributed by atoms with Gasteiger partial charge in [-0.1, -0.05) is 24.3 Å². The summed E-state index contributed by atoms with van der Waals surface area (Å²) in [6.07, 6.45) is 4.16. The number of Topliss-reactive ketones (excluding diaryl/α,β-unsaturated/α-hetero) is 1. The normalized spacial score (nSPS) is 19.4. The second-order valence-corrected chi connectivity index (χ2v) is 7.71. The summed E-state index contributed by atoms with van der Waals surface area (Å²) in [7, 11) is 0. The number of amides is 3. The average molecular weight is 451 g/mol. The van der Waals surface area contributed by atoms with Crippen LogP contribution in [0.3, 0.4) is 0 Å². The molecule has 9 nitrogen and oxygen atoms in total. The van der Waals surface area contributed by atoms with Gasteiger partial charge < -0.3 is 0 Å². The topological polar surface area (TPSA) is 118 Å². The van der Waals surface area contributed by atoms with Gasteiger partial charge in [-0.05, 0) is 43.2 Å². The van der Waals surface area contributed by atoms with Crippen molar-refractivity contribution >= 4 is 29.2 Å². The molecule has 0 unspecified atom stereocenters. The molecule has 33 heavy (non-hydrogen) atoms. The van der Waals surface area contributed by atoms with E-state index in [4.69, 9.17) is 0 Å². The van der Waals surface area contributed by atoms with Crippen molar-refractivity contribution in [2.24, 2.45) is 11.8 Å². The number of nitro benzene ring substituents is 1. The molecule has 4 rings (SSSR count). The van der Waals surface area contributed by atoms with E-state index in [9.17, 15) is 33.7 Å². The highest BCUT2D eigenvalue weighted by Crippen LogP contribution is 2.36. The Balaban J connectivity index is 1.74. The van der Waals surface area contributed by atoms with Crippen molar-refractivity contribution in [3.8, 4) is 0 Å². The second-order valence-electron chi connectivity index (χ2n) is 7.71. The van der Waals surface area contributed by atoms with Gasteiger partial charge in [0, 0.05) is 11.6 Å². The molecule has 2 aliphatic rings. The number of nitrogens with zero attached hydrogens (tertiary/aromatic N) is 3. The average Bonchev–Trinajstić information content (AvgIpc) is 3.07. The highest BCUT2D eigenvalue weighted by Gasteiger charge is 2.51. The van der Waals surface area contributed by atoms with Gasteiger partial charge in [0.15, 0.2) is 5.78 Å². The first-order valence-corrected chi connectivity index (χ1v) is 10.2. The third kappa shape index (κ3) is 4.02. The molecular weight excluding hydrogens is 433 g/mol. The van der Waals surface area contributed by atoms with Crippen LogP contribution in [0.4, 0.5) is 10.1 Å². The number of rotatable bonds is 6. The number of carbonyl (C=O) groups excluding carboxylic acids is 4. The number of hydrogen-bond donors (Lipinski definition) is 0. The smallest absolute Gasteiger partial charge is 0.282 e. The standard InChI is InChI=1S/C23H18FN3O6/c24-15-11-9-14(10-12-15)20(28)13-25(21(29)18-7-3-4-8-19(18)27(32)33)26-22(30)16-5-1-2-6-17(16)23(26)31/h1-4,7-12,16-17H,5-6,13H2/t16-,17-/m1/s1. The molecule has 2 aromatic carbocycles.